The number of nitrogens with zero attached hydrogens (tertiary/aromatic N) is 2. The van der Waals surface area contributed by atoms with Gasteiger partial charge >= 0.3 is 0 Å². The van der Waals surface area contributed by atoms with Gasteiger partial charge in [-0.25, -0.2) is 4.68 Å². The number of hydrogen-bond donors (Lipinski definition) is 1. The van der Waals surface area contributed by atoms with Crippen molar-refractivity contribution in [2.45, 2.75) is 20.4 Å². The van der Waals surface area contributed by atoms with Gasteiger partial charge in [-0.15, -0.1) is 0 Å². The molecular formula is C18H26N3O3+. The van der Waals surface area contributed by atoms with E-state index in [0.29, 0.717) is 18.0 Å². The van der Waals surface area contributed by atoms with E-state index in [1.54, 1.807) is 26.4 Å². The molecular weight excluding hydrogens is 306 g/mol. The standard InChI is InChI=1S/C18H25N3O3/c1-5-20(6-2)11-12-21-18(22)10-8-16(19-21)15-13-14(23-3)7-9-17(15)24-4/h7-10,13H,5-6,11-12H2,1-4H3/p+1. The van der Waals surface area contributed by atoms with Crippen LogP contribution in [0.1, 0.15) is 13.8 Å². The van der Waals surface area contributed by atoms with Crippen LogP contribution in [0.4, 0.5) is 0 Å². The Bertz CT molecular complexity index is 724. The summed E-state index contributed by atoms with van der Waals surface area (Å²) >= 11 is 0. The van der Waals surface area contributed by atoms with Crippen molar-refractivity contribution in [2.24, 2.45) is 0 Å². The Morgan fingerprint density at radius 1 is 1.08 bits per heavy atom. The molecule has 0 fully saturated rings. The van der Waals surface area contributed by atoms with E-state index in [4.69, 9.17) is 9.47 Å². The Kier molecular flexibility index (Phi) is 6.37. The largest absolute Gasteiger partial charge is 0.497 e. The summed E-state index contributed by atoms with van der Waals surface area (Å²) in [6.07, 6.45) is 0. The lowest BCUT2D eigenvalue weighted by atomic mass is 10.1. The molecule has 0 aliphatic rings. The topological polar surface area (TPSA) is 57.8 Å². The van der Waals surface area contributed by atoms with E-state index < -0.39 is 0 Å². The number of ether oxygens (including phenoxy) is 2. The van der Waals surface area contributed by atoms with E-state index in [2.05, 4.69) is 18.9 Å². The van der Waals surface area contributed by atoms with Crippen molar-refractivity contribution in [1.29, 1.82) is 0 Å². The molecule has 0 aliphatic carbocycles. The normalized spacial score (nSPS) is 10.9. The zero-order valence-corrected chi connectivity index (χ0v) is 14.8. The number of aromatic nitrogens is 2. The molecule has 0 spiro atoms. The van der Waals surface area contributed by atoms with E-state index in [0.717, 1.165) is 30.9 Å². The molecule has 2 rings (SSSR count). The quantitative estimate of drug-likeness (QED) is 0.779. The minimum absolute atomic E-state index is 0.0906. The molecule has 0 radical (unpaired) electrons. The van der Waals surface area contributed by atoms with Gasteiger partial charge in [-0.2, -0.15) is 5.10 Å². The Morgan fingerprint density at radius 3 is 2.46 bits per heavy atom. The van der Waals surface area contributed by atoms with Crippen LogP contribution in [0.15, 0.2) is 35.1 Å². The van der Waals surface area contributed by atoms with Crippen LogP contribution in [0.5, 0.6) is 11.5 Å². The summed E-state index contributed by atoms with van der Waals surface area (Å²) in [5.74, 6) is 1.42. The molecule has 130 valence electrons. The Morgan fingerprint density at radius 2 is 1.83 bits per heavy atom. The maximum atomic E-state index is 12.1. The van der Waals surface area contributed by atoms with E-state index in [1.165, 1.54) is 9.58 Å². The number of nitrogens with one attached hydrogen (secondary N) is 1. The Balaban J connectivity index is 2.35. The van der Waals surface area contributed by atoms with Crippen LogP contribution >= 0.6 is 0 Å². The zero-order chi connectivity index (χ0) is 17.5. The highest BCUT2D eigenvalue weighted by atomic mass is 16.5. The summed E-state index contributed by atoms with van der Waals surface area (Å²) < 4.78 is 12.2. The average molecular weight is 332 g/mol. The van der Waals surface area contributed by atoms with Crippen molar-refractivity contribution in [3.8, 4) is 22.8 Å². The first-order valence-electron chi connectivity index (χ1n) is 8.27. The van der Waals surface area contributed by atoms with Crippen LogP contribution in [0.25, 0.3) is 11.3 Å². The first kappa shape index (κ1) is 18.0. The number of methoxy groups -OCH3 is 2. The minimum atomic E-state index is -0.0906. The molecule has 24 heavy (non-hydrogen) atoms. The molecule has 1 heterocycles. The fourth-order valence-electron chi connectivity index (χ4n) is 2.63. The molecule has 1 aromatic heterocycles. The van der Waals surface area contributed by atoms with Gasteiger partial charge < -0.3 is 14.4 Å². The van der Waals surface area contributed by atoms with Gasteiger partial charge in [0.25, 0.3) is 5.56 Å². The number of likely N-dealkylation sites (N-methyl/N-ethyl adjacent to an activating group) is 1. The molecule has 1 aromatic carbocycles. The Labute approximate surface area is 142 Å². The number of rotatable bonds is 8. The lowest BCUT2D eigenvalue weighted by Crippen LogP contribution is -3.11. The maximum Gasteiger partial charge on any atom is 0.266 e. The van der Waals surface area contributed by atoms with Crippen molar-refractivity contribution in [3.63, 3.8) is 0 Å². The third kappa shape index (κ3) is 4.14. The zero-order valence-electron chi connectivity index (χ0n) is 14.8. The average Bonchev–Trinajstić information content (AvgIpc) is 2.63. The summed E-state index contributed by atoms with van der Waals surface area (Å²) in [5, 5.41) is 4.52. The van der Waals surface area contributed by atoms with Gasteiger partial charge in [-0.05, 0) is 38.1 Å². The molecule has 6 heteroatoms. The SMILES string of the molecule is CC[NH+](CC)CCn1nc(-c2cc(OC)ccc2OC)ccc1=O. The molecule has 0 bridgehead atoms. The van der Waals surface area contributed by atoms with Gasteiger partial charge in [0.1, 0.15) is 11.5 Å². The van der Waals surface area contributed by atoms with Gasteiger partial charge in [0.15, 0.2) is 0 Å². The fraction of sp³-hybridized carbons (Fsp3) is 0.444. The maximum absolute atomic E-state index is 12.1. The third-order valence-electron chi connectivity index (χ3n) is 4.23. The first-order valence-corrected chi connectivity index (χ1v) is 8.27. The molecule has 0 unspecified atom stereocenters. The molecule has 0 saturated heterocycles. The predicted octanol–water partition coefficient (Wildman–Crippen LogP) is 0.852. The van der Waals surface area contributed by atoms with Gasteiger partial charge in [0.2, 0.25) is 0 Å². The van der Waals surface area contributed by atoms with E-state index in [-0.39, 0.29) is 5.56 Å². The molecule has 0 saturated carbocycles. The molecule has 1 N–H and O–H groups in total. The molecule has 0 aliphatic heterocycles. The van der Waals surface area contributed by atoms with Crippen molar-refractivity contribution >= 4 is 0 Å². The highest BCUT2D eigenvalue weighted by molar-refractivity contribution is 5.68. The summed E-state index contributed by atoms with van der Waals surface area (Å²) in [4.78, 5) is 13.5. The van der Waals surface area contributed by atoms with Crippen molar-refractivity contribution in [1.82, 2.24) is 9.78 Å². The van der Waals surface area contributed by atoms with E-state index in [1.807, 2.05) is 18.2 Å². The van der Waals surface area contributed by atoms with Crippen molar-refractivity contribution < 1.29 is 14.4 Å². The highest BCUT2D eigenvalue weighted by Gasteiger charge is 2.12. The van der Waals surface area contributed by atoms with Crippen molar-refractivity contribution in [2.75, 3.05) is 33.9 Å². The number of benzene rings is 1. The van der Waals surface area contributed by atoms with Crippen molar-refractivity contribution in [3.05, 3.63) is 40.7 Å². The fourth-order valence-corrected chi connectivity index (χ4v) is 2.63. The molecule has 2 aromatic rings. The summed E-state index contributed by atoms with van der Waals surface area (Å²) in [6, 6.07) is 8.82. The first-order chi connectivity index (χ1) is 11.6. The van der Waals surface area contributed by atoms with Crippen LogP contribution in [0.2, 0.25) is 0 Å². The van der Waals surface area contributed by atoms with Crippen LogP contribution in [0.3, 0.4) is 0 Å². The van der Waals surface area contributed by atoms with E-state index in [9.17, 15) is 4.79 Å². The monoisotopic (exact) mass is 332 g/mol. The van der Waals surface area contributed by atoms with Gasteiger partial charge in [-0.3, -0.25) is 4.79 Å². The molecule has 0 atom stereocenters. The van der Waals surface area contributed by atoms with Crippen LogP contribution in [-0.4, -0.2) is 43.6 Å². The van der Waals surface area contributed by atoms with Gasteiger partial charge in [0.05, 0.1) is 46.1 Å². The summed E-state index contributed by atoms with van der Waals surface area (Å²) in [5.41, 5.74) is 1.41. The van der Waals surface area contributed by atoms with Crippen LogP contribution in [-0.2, 0) is 6.54 Å². The predicted molar refractivity (Wildman–Crippen MR) is 93.9 cm³/mol. The number of quaternary nitrogens is 1. The second kappa shape index (κ2) is 8.49. The van der Waals surface area contributed by atoms with Crippen LogP contribution < -0.4 is 19.9 Å². The second-order valence-corrected chi connectivity index (χ2v) is 5.55. The van der Waals surface area contributed by atoms with Crippen LogP contribution in [0, 0.1) is 0 Å². The Hall–Kier alpha value is -2.34. The lowest BCUT2D eigenvalue weighted by Gasteiger charge is -2.16. The minimum Gasteiger partial charge on any atom is -0.497 e. The summed E-state index contributed by atoms with van der Waals surface area (Å²) in [7, 11) is 3.23. The second-order valence-electron chi connectivity index (χ2n) is 5.55. The molecule has 0 amide bonds. The van der Waals surface area contributed by atoms with E-state index >= 15 is 0 Å². The summed E-state index contributed by atoms with van der Waals surface area (Å²) in [6.45, 7) is 7.83. The third-order valence-corrected chi connectivity index (χ3v) is 4.23. The highest BCUT2D eigenvalue weighted by Crippen LogP contribution is 2.31. The van der Waals surface area contributed by atoms with Gasteiger partial charge in [-0.1, -0.05) is 0 Å². The number of hydrogen-bond acceptors (Lipinski definition) is 4. The smallest absolute Gasteiger partial charge is 0.266 e. The molecule has 6 nitrogen and oxygen atoms in total. The van der Waals surface area contributed by atoms with Gasteiger partial charge in [0, 0.05) is 11.6 Å². The lowest BCUT2D eigenvalue weighted by molar-refractivity contribution is -0.897.